The van der Waals surface area contributed by atoms with Gasteiger partial charge in [-0.05, 0) is 188 Å². The Morgan fingerprint density at radius 2 is 0.574 bits per heavy atom. The lowest BCUT2D eigenvalue weighted by atomic mass is 9.85. The molecule has 1 aliphatic rings. The van der Waals surface area contributed by atoms with Gasteiger partial charge in [-0.15, -0.1) is 0 Å². The molecule has 694 valence electrons. The molecule has 0 aliphatic heterocycles. The minimum atomic E-state index is -2.45. The van der Waals surface area contributed by atoms with Crippen LogP contribution in [-0.2, 0) is 48.0 Å². The topological polar surface area (TPSA) is 150 Å². The van der Waals surface area contributed by atoms with E-state index >= 15 is 0 Å². The molecule has 15 heterocycles. The molecular weight excluding hydrogens is 1730 g/mol. The van der Waals surface area contributed by atoms with Gasteiger partial charge in [0, 0.05) is 151 Å². The van der Waals surface area contributed by atoms with Crippen LogP contribution in [-0.4, -0.2) is 24.9 Å². The molecule has 1 aliphatic carbocycles. The summed E-state index contributed by atoms with van der Waals surface area (Å²) in [6.07, 6.45) is 16.7. The fourth-order valence-electron chi connectivity index (χ4n) is 20.7. The molecule has 0 N–H and O–H groups in total. The Hall–Kier alpha value is -16.0. The van der Waals surface area contributed by atoms with Crippen molar-refractivity contribution < 1.29 is 54.5 Å². The van der Waals surface area contributed by atoms with E-state index < -0.39 is 25.0 Å². The van der Waals surface area contributed by atoms with Crippen LogP contribution >= 0.6 is 0 Å². The monoisotopic (exact) mass is 1850 g/mol. The van der Waals surface area contributed by atoms with Gasteiger partial charge in [-0.25, -0.2) is 47.8 Å². The Balaban J connectivity index is 0.000000105. The number of hydrogen-bond donors (Lipinski definition) is 0. The summed E-state index contributed by atoms with van der Waals surface area (Å²) in [7, 11) is 10.1. The Morgan fingerprint density at radius 1 is 0.305 bits per heavy atom. The fraction of sp³-hybridized carbons (Fsp3) is 0.206. The lowest BCUT2D eigenvalue weighted by Crippen LogP contribution is -2.31. The summed E-state index contributed by atoms with van der Waals surface area (Å²) < 4.78 is 98.8. The van der Waals surface area contributed by atoms with Gasteiger partial charge >= 0.3 is 0 Å². The van der Waals surface area contributed by atoms with Crippen LogP contribution in [0.25, 0.3) is 221 Å². The molecule has 0 amide bonds. The van der Waals surface area contributed by atoms with E-state index in [1.165, 1.54) is 79.0 Å². The number of nitrogens with zero attached hydrogens (tertiary/aromatic N) is 10. The van der Waals surface area contributed by atoms with E-state index in [4.69, 9.17) is 56.6 Å². The van der Waals surface area contributed by atoms with Crippen molar-refractivity contribution >= 4 is 165 Å². The maximum absolute atomic E-state index is 8.53. The molecule has 1 atom stereocenters. The van der Waals surface area contributed by atoms with Gasteiger partial charge in [0.1, 0.15) is 35.2 Å². The molecule has 0 bridgehead atoms. The first-order chi connectivity index (χ1) is 71.0. The number of pyridine rings is 10. The van der Waals surface area contributed by atoms with Crippen molar-refractivity contribution in [1.82, 2.24) is 24.9 Å². The van der Waals surface area contributed by atoms with Gasteiger partial charge in [0.2, 0.25) is 57.0 Å². The van der Waals surface area contributed by atoms with Crippen LogP contribution in [0.3, 0.4) is 0 Å². The summed E-state index contributed by atoms with van der Waals surface area (Å²) in [5, 5.41) is 15.9. The number of benzene rings is 10. The summed E-state index contributed by atoms with van der Waals surface area (Å²) in [5.41, 5.74) is 32.7. The largest absolute Gasteiger partial charge is 0.437 e. The molecule has 1 saturated carbocycles. The van der Waals surface area contributed by atoms with E-state index in [0.717, 1.165) is 204 Å². The SMILES string of the molecule is Cc1cc[n+](C)c(-c2c(C)ccc3c2oc2nc4ccccc4cc23)c1.Cc1ccc2c(oc3nc4ccccc4cc32)c1-c1cc(CC2CCCCC2)cc[n+]1C.[2H]C(C)(C)c1cc[n+](C)c(-c2c(C)ccc3c2oc2nc4ccccc4cc23)c1.[2H]C([2H])(C)c1cc[n+](C)c(-c2c(C)ccc3c2oc2nc4ccccc4cc23)c1.[2H]C([2H])([2H])C([2H])(C)c1cc[n+](C)c(-c2c(C)ccc3c2oc2nc4ccccc4cc23)c1. The zero-order chi connectivity index (χ0) is 103. The van der Waals surface area contributed by atoms with Gasteiger partial charge in [-0.2, -0.15) is 0 Å². The van der Waals surface area contributed by atoms with Crippen molar-refractivity contribution in [2.45, 2.75) is 133 Å². The molecule has 0 saturated heterocycles. The number of fused-ring (bicyclic) bond motifs is 20. The van der Waals surface area contributed by atoms with E-state index in [0.29, 0.717) is 45.3 Å². The highest BCUT2D eigenvalue weighted by atomic mass is 16.4. The average molecular weight is 1860 g/mol. The van der Waals surface area contributed by atoms with Crippen LogP contribution in [0.1, 0.15) is 144 Å². The normalized spacial score (nSPS) is 14.0. The zero-order valence-electron chi connectivity index (χ0n) is 89.2. The summed E-state index contributed by atoms with van der Waals surface area (Å²) in [4.78, 5) is 23.8. The van der Waals surface area contributed by atoms with Gasteiger partial charge < -0.3 is 22.1 Å². The van der Waals surface area contributed by atoms with Crippen LogP contribution in [0.2, 0.25) is 0 Å². The summed E-state index contributed by atoms with van der Waals surface area (Å²) >= 11 is 0. The van der Waals surface area contributed by atoms with Crippen LogP contribution in [0.4, 0.5) is 0 Å². The van der Waals surface area contributed by atoms with E-state index in [2.05, 4.69) is 214 Å². The second-order valence-electron chi connectivity index (χ2n) is 38.4. The highest BCUT2D eigenvalue weighted by molar-refractivity contribution is 6.16. The van der Waals surface area contributed by atoms with Gasteiger partial charge in [0.25, 0.3) is 0 Å². The maximum Gasteiger partial charge on any atom is 0.227 e. The first-order valence-corrected chi connectivity index (χ1v) is 48.6. The Kier molecular flexibility index (Phi) is 21.6. The number of para-hydroxylation sites is 5. The molecule has 0 radical (unpaired) electrons. The molecule has 26 rings (SSSR count). The molecular formula is C126H115N10O5+5. The minimum Gasteiger partial charge on any atom is -0.437 e. The second kappa shape index (κ2) is 37.1. The predicted octanol–water partition coefficient (Wildman–Crippen LogP) is 29.9. The molecule has 15 heteroatoms. The number of aryl methyl sites for hydroxylation is 12. The summed E-state index contributed by atoms with van der Waals surface area (Å²) in [6, 6.07) is 92.8. The van der Waals surface area contributed by atoms with Crippen molar-refractivity contribution in [2.24, 2.45) is 41.2 Å². The van der Waals surface area contributed by atoms with Crippen molar-refractivity contribution in [3.63, 3.8) is 0 Å². The maximum atomic E-state index is 8.53. The van der Waals surface area contributed by atoms with Crippen LogP contribution in [0, 0.1) is 47.5 Å². The van der Waals surface area contributed by atoms with Gasteiger partial charge in [0.05, 0.1) is 55.4 Å². The molecule has 15 nitrogen and oxygen atoms in total. The van der Waals surface area contributed by atoms with E-state index in [9.17, 15) is 0 Å². The van der Waals surface area contributed by atoms with Gasteiger partial charge in [-0.3, -0.25) is 0 Å². The Labute approximate surface area is 829 Å². The minimum absolute atomic E-state index is 0.432. The molecule has 0 spiro atoms. The zero-order valence-corrected chi connectivity index (χ0v) is 82.2. The summed E-state index contributed by atoms with van der Waals surface area (Å²) in [6.45, 7) is 17.0. The average Bonchev–Trinajstić information content (AvgIpc) is 1.49. The standard InChI is InChI=1S/C29H29N2O.2C25H23N2O.C24H21N2O.C23H19N2O/c1-19-12-13-23-24-18-22-10-6-7-11-25(22)30-29(24)32-28(23)27(19)26-17-21(14-15-31(26)2)16-20-8-4-3-5-9-20;2*1-15(2)17-11-12-27(4)22(14-17)23-16(3)9-10-19-20-13-18-7-5-6-8-21(18)26-25(20)28-24(19)23;1-4-16-11-12-26(3)21(13-16)22-15(2)9-10-18-19-14-17-7-5-6-8-20(17)25-24(19)27-23(18)22;1-14-10-11-25(3)20(12-14)21-15(2)8-9-17-18-13-16-6-4-5-7-19(16)24-23(18)26-22(17)21/h6-7,10-15,17-18,20H,3-5,8-9,16H2,1-2H3;2*5-15H,1-4H3;5-14H,4H2,1-3H3;4-13H,1-3H3/q5*+1/i;1D3,15D;15D;4D2;. The molecule has 10 aromatic carbocycles. The first-order valence-electron chi connectivity index (χ1n) is 52.1. The third-order valence-electron chi connectivity index (χ3n) is 28.5. The quantitative estimate of drug-likeness (QED) is 0.121. The molecule has 15 aromatic heterocycles. The smallest absolute Gasteiger partial charge is 0.227 e. The van der Waals surface area contributed by atoms with Crippen molar-refractivity contribution in [3.05, 3.63) is 360 Å². The first kappa shape index (κ1) is 82.1. The molecule has 25 aromatic rings. The second-order valence-corrected chi connectivity index (χ2v) is 38.4. The number of aromatic nitrogens is 10. The molecule has 1 fully saturated rings. The van der Waals surface area contributed by atoms with E-state index in [1.807, 2.05) is 185 Å². The third-order valence-corrected chi connectivity index (χ3v) is 28.5. The van der Waals surface area contributed by atoms with Gasteiger partial charge in [0.15, 0.2) is 58.9 Å². The lowest BCUT2D eigenvalue weighted by Gasteiger charge is -2.21. The summed E-state index contributed by atoms with van der Waals surface area (Å²) in [5.74, 6) is -1.58. The number of furan rings is 5. The lowest BCUT2D eigenvalue weighted by molar-refractivity contribution is -0.660. The number of hydrogen-bond acceptors (Lipinski definition) is 10. The van der Waals surface area contributed by atoms with Gasteiger partial charge in [-0.1, -0.05) is 218 Å². The number of rotatable bonds is 10. The predicted molar refractivity (Wildman–Crippen MR) is 574 cm³/mol. The van der Waals surface area contributed by atoms with Crippen LogP contribution < -0.4 is 22.8 Å². The van der Waals surface area contributed by atoms with E-state index in [1.54, 1.807) is 25.3 Å². The third kappa shape index (κ3) is 16.8. The Morgan fingerprint density at radius 3 is 0.879 bits per heavy atom. The van der Waals surface area contributed by atoms with Crippen molar-refractivity contribution in [2.75, 3.05) is 0 Å². The van der Waals surface area contributed by atoms with Crippen LogP contribution in [0.5, 0.6) is 0 Å². The van der Waals surface area contributed by atoms with Crippen molar-refractivity contribution in [1.29, 1.82) is 0 Å². The fourth-order valence-corrected chi connectivity index (χ4v) is 20.7. The highest BCUT2D eigenvalue weighted by Crippen LogP contribution is 2.46. The molecule has 1 unspecified atom stereocenters. The van der Waals surface area contributed by atoms with Crippen molar-refractivity contribution in [3.8, 4) is 56.3 Å². The Bertz CT molecular complexity index is 9450. The van der Waals surface area contributed by atoms with E-state index in [-0.39, 0.29) is 0 Å². The van der Waals surface area contributed by atoms with Crippen LogP contribution in [0.15, 0.2) is 326 Å². The highest BCUT2D eigenvalue weighted by Gasteiger charge is 2.30. The molecule has 141 heavy (non-hydrogen) atoms.